The summed E-state index contributed by atoms with van der Waals surface area (Å²) in [6.45, 7) is 3.58. The molecule has 0 aliphatic rings. The molecule has 5 heteroatoms. The maximum Gasteiger partial charge on any atom is 0.269 e. The van der Waals surface area contributed by atoms with Crippen LogP contribution >= 0.6 is 0 Å². The van der Waals surface area contributed by atoms with Crippen LogP contribution in [0.15, 0.2) is 42.9 Å². The van der Waals surface area contributed by atoms with Gasteiger partial charge < -0.3 is 10.2 Å². The van der Waals surface area contributed by atoms with Crippen LogP contribution in [-0.4, -0.2) is 36.0 Å². The van der Waals surface area contributed by atoms with Crippen LogP contribution < -0.4 is 10.2 Å². The molecule has 22 heavy (non-hydrogen) atoms. The number of nitrogens with zero attached hydrogens (tertiary/aromatic N) is 3. The van der Waals surface area contributed by atoms with Crippen molar-refractivity contribution in [3.05, 3.63) is 54.1 Å². The molecule has 1 amide bonds. The molecule has 0 saturated carbocycles. The molecule has 1 N–H and O–H groups in total. The zero-order valence-electron chi connectivity index (χ0n) is 13.1. The minimum absolute atomic E-state index is 0.118. The van der Waals surface area contributed by atoms with Crippen molar-refractivity contribution in [2.24, 2.45) is 0 Å². The summed E-state index contributed by atoms with van der Waals surface area (Å²) in [5.74, 6) is -0.118. The number of hydrogen-bond acceptors (Lipinski definition) is 4. The molecule has 5 nitrogen and oxygen atoms in total. The van der Waals surface area contributed by atoms with Crippen LogP contribution in [0.1, 0.15) is 29.4 Å². The lowest BCUT2D eigenvalue weighted by atomic mass is 10.2. The van der Waals surface area contributed by atoms with Gasteiger partial charge in [-0.25, -0.2) is 4.98 Å². The number of anilines is 1. The van der Waals surface area contributed by atoms with Crippen LogP contribution in [0.4, 0.5) is 5.69 Å². The van der Waals surface area contributed by atoms with Crippen LogP contribution in [0.3, 0.4) is 0 Å². The second-order valence-corrected chi connectivity index (χ2v) is 5.18. The fraction of sp³-hybridized carbons (Fsp3) is 0.353. The van der Waals surface area contributed by atoms with E-state index in [0.29, 0.717) is 12.2 Å². The van der Waals surface area contributed by atoms with Gasteiger partial charge in [-0.1, -0.05) is 6.92 Å². The average molecular weight is 298 g/mol. The first kappa shape index (κ1) is 15.9. The molecule has 0 bridgehead atoms. The second-order valence-electron chi connectivity index (χ2n) is 5.18. The highest BCUT2D eigenvalue weighted by molar-refractivity contribution is 5.92. The van der Waals surface area contributed by atoms with Crippen LogP contribution in [0.2, 0.25) is 0 Å². The van der Waals surface area contributed by atoms with Gasteiger partial charge >= 0.3 is 0 Å². The molecule has 0 saturated heterocycles. The van der Waals surface area contributed by atoms with Gasteiger partial charge in [0, 0.05) is 32.5 Å². The van der Waals surface area contributed by atoms with Gasteiger partial charge in [0.25, 0.3) is 5.91 Å². The minimum Gasteiger partial charge on any atom is -0.373 e. The van der Waals surface area contributed by atoms with Crippen molar-refractivity contribution < 1.29 is 4.79 Å². The second kappa shape index (κ2) is 8.12. The van der Waals surface area contributed by atoms with Crippen molar-refractivity contribution in [2.75, 3.05) is 25.0 Å². The standard InChI is InChI=1S/C17H22N4O/c1-3-9-19-17(22)16-5-4-15(13-20-16)21(2)12-8-14-6-10-18-11-7-14/h4-7,10-11,13H,3,8-9,12H2,1-2H3,(H,19,22). The van der Waals surface area contributed by atoms with Gasteiger partial charge in [0.05, 0.1) is 11.9 Å². The van der Waals surface area contributed by atoms with Crippen molar-refractivity contribution in [3.8, 4) is 0 Å². The van der Waals surface area contributed by atoms with E-state index >= 15 is 0 Å². The summed E-state index contributed by atoms with van der Waals surface area (Å²) in [7, 11) is 2.02. The fourth-order valence-electron chi connectivity index (χ4n) is 2.05. The summed E-state index contributed by atoms with van der Waals surface area (Å²) in [5, 5.41) is 2.82. The Balaban J connectivity index is 1.90. The molecule has 0 atom stereocenters. The molecule has 0 radical (unpaired) electrons. The summed E-state index contributed by atoms with van der Waals surface area (Å²) in [6, 6.07) is 7.74. The smallest absolute Gasteiger partial charge is 0.269 e. The monoisotopic (exact) mass is 298 g/mol. The maximum absolute atomic E-state index is 11.8. The van der Waals surface area contributed by atoms with Gasteiger partial charge in [-0.2, -0.15) is 0 Å². The molecule has 0 unspecified atom stereocenters. The first-order valence-electron chi connectivity index (χ1n) is 7.55. The normalized spacial score (nSPS) is 10.3. The van der Waals surface area contributed by atoms with Crippen LogP contribution in [-0.2, 0) is 6.42 Å². The Labute approximate surface area is 131 Å². The molecular weight excluding hydrogens is 276 g/mol. The third kappa shape index (κ3) is 4.55. The first-order valence-corrected chi connectivity index (χ1v) is 7.55. The molecule has 0 aromatic carbocycles. The average Bonchev–Trinajstić information content (AvgIpc) is 2.58. The van der Waals surface area contributed by atoms with Crippen molar-refractivity contribution >= 4 is 11.6 Å². The van der Waals surface area contributed by atoms with E-state index in [9.17, 15) is 4.79 Å². The van der Waals surface area contributed by atoms with Crippen molar-refractivity contribution in [1.82, 2.24) is 15.3 Å². The van der Waals surface area contributed by atoms with Gasteiger partial charge in [0.1, 0.15) is 5.69 Å². The van der Waals surface area contributed by atoms with Crippen LogP contribution in [0, 0.1) is 0 Å². The lowest BCUT2D eigenvalue weighted by Gasteiger charge is -2.19. The Morgan fingerprint density at radius 1 is 1.23 bits per heavy atom. The zero-order valence-corrected chi connectivity index (χ0v) is 13.1. The topological polar surface area (TPSA) is 58.1 Å². The molecule has 2 rings (SSSR count). The molecule has 0 spiro atoms. The fourth-order valence-corrected chi connectivity index (χ4v) is 2.05. The van der Waals surface area contributed by atoms with E-state index in [1.807, 2.05) is 32.2 Å². The van der Waals surface area contributed by atoms with Crippen molar-refractivity contribution in [2.45, 2.75) is 19.8 Å². The summed E-state index contributed by atoms with van der Waals surface area (Å²) in [4.78, 5) is 22.2. The lowest BCUT2D eigenvalue weighted by molar-refractivity contribution is 0.0948. The molecule has 2 aromatic rings. The number of amides is 1. The third-order valence-corrected chi connectivity index (χ3v) is 3.44. The van der Waals surface area contributed by atoms with Crippen LogP contribution in [0.25, 0.3) is 0 Å². The third-order valence-electron chi connectivity index (χ3n) is 3.44. The van der Waals surface area contributed by atoms with Gasteiger partial charge in [0.15, 0.2) is 0 Å². The van der Waals surface area contributed by atoms with Gasteiger partial charge in [-0.15, -0.1) is 0 Å². The highest BCUT2D eigenvalue weighted by atomic mass is 16.1. The number of likely N-dealkylation sites (N-methyl/N-ethyl adjacent to an activating group) is 1. The maximum atomic E-state index is 11.8. The van der Waals surface area contributed by atoms with Gasteiger partial charge in [0.2, 0.25) is 0 Å². The number of carbonyl (C=O) groups excluding carboxylic acids is 1. The number of hydrogen-bond donors (Lipinski definition) is 1. The molecule has 0 aliphatic heterocycles. The number of pyridine rings is 2. The molecule has 116 valence electrons. The largest absolute Gasteiger partial charge is 0.373 e. The summed E-state index contributed by atoms with van der Waals surface area (Å²) < 4.78 is 0. The Hall–Kier alpha value is -2.43. The van der Waals surface area contributed by atoms with E-state index in [0.717, 1.165) is 25.1 Å². The first-order chi connectivity index (χ1) is 10.7. The van der Waals surface area contributed by atoms with Crippen molar-refractivity contribution in [3.63, 3.8) is 0 Å². The SMILES string of the molecule is CCCNC(=O)c1ccc(N(C)CCc2ccncc2)cn1. The highest BCUT2D eigenvalue weighted by Gasteiger charge is 2.07. The number of carbonyl (C=O) groups is 1. The molecule has 2 aromatic heterocycles. The Bertz CT molecular complexity index is 583. The minimum atomic E-state index is -0.118. The Morgan fingerprint density at radius 2 is 2.00 bits per heavy atom. The van der Waals surface area contributed by atoms with E-state index in [1.54, 1.807) is 24.7 Å². The van der Waals surface area contributed by atoms with Gasteiger partial charge in [-0.05, 0) is 42.7 Å². The Morgan fingerprint density at radius 3 is 2.64 bits per heavy atom. The molecule has 2 heterocycles. The van der Waals surface area contributed by atoms with E-state index in [1.165, 1.54) is 5.56 Å². The highest BCUT2D eigenvalue weighted by Crippen LogP contribution is 2.12. The molecule has 0 fully saturated rings. The van der Waals surface area contributed by atoms with E-state index in [2.05, 4.69) is 20.2 Å². The van der Waals surface area contributed by atoms with E-state index in [4.69, 9.17) is 0 Å². The molecular formula is C17H22N4O. The van der Waals surface area contributed by atoms with E-state index < -0.39 is 0 Å². The number of aromatic nitrogens is 2. The number of rotatable bonds is 7. The summed E-state index contributed by atoms with van der Waals surface area (Å²) in [6.07, 6.45) is 7.22. The molecule has 0 aliphatic carbocycles. The van der Waals surface area contributed by atoms with Crippen LogP contribution in [0.5, 0.6) is 0 Å². The van der Waals surface area contributed by atoms with E-state index in [-0.39, 0.29) is 5.91 Å². The lowest BCUT2D eigenvalue weighted by Crippen LogP contribution is -2.25. The summed E-state index contributed by atoms with van der Waals surface area (Å²) >= 11 is 0. The zero-order chi connectivity index (χ0) is 15.8. The predicted molar refractivity (Wildman–Crippen MR) is 88.1 cm³/mol. The quantitative estimate of drug-likeness (QED) is 0.852. The summed E-state index contributed by atoms with van der Waals surface area (Å²) in [5.41, 5.74) is 2.71. The Kier molecular flexibility index (Phi) is 5.89. The van der Waals surface area contributed by atoms with Crippen molar-refractivity contribution in [1.29, 1.82) is 0 Å². The predicted octanol–water partition coefficient (Wildman–Crippen LogP) is 2.30. The number of nitrogens with one attached hydrogen (secondary N) is 1. The van der Waals surface area contributed by atoms with Gasteiger partial charge in [-0.3, -0.25) is 9.78 Å².